The highest BCUT2D eigenvalue weighted by atomic mass is 35.5. The molecule has 1 aromatic carbocycles. The Bertz CT molecular complexity index is 738. The van der Waals surface area contributed by atoms with Gasteiger partial charge in [0.2, 0.25) is 5.91 Å². The molecule has 0 radical (unpaired) electrons. The lowest BCUT2D eigenvalue weighted by atomic mass is 10.1. The third kappa shape index (κ3) is 5.06. The van der Waals surface area contributed by atoms with Gasteiger partial charge in [-0.1, -0.05) is 6.92 Å². The van der Waals surface area contributed by atoms with E-state index in [2.05, 4.69) is 21.0 Å². The smallest absolute Gasteiger partial charge is 0.276 e. The number of anilines is 2. The van der Waals surface area contributed by atoms with Gasteiger partial charge in [-0.05, 0) is 49.7 Å². The molecule has 1 aliphatic rings. The van der Waals surface area contributed by atoms with Crippen LogP contribution in [0.25, 0.3) is 0 Å². The van der Waals surface area contributed by atoms with Crippen LogP contribution in [0.3, 0.4) is 0 Å². The molecular formula is C18H24ClN5O2. The van der Waals surface area contributed by atoms with E-state index in [9.17, 15) is 9.59 Å². The predicted molar refractivity (Wildman–Crippen MR) is 104 cm³/mol. The molecule has 0 saturated carbocycles. The van der Waals surface area contributed by atoms with Crippen LogP contribution in [0.2, 0.25) is 0 Å². The molecule has 1 saturated heterocycles. The molecule has 1 atom stereocenters. The number of amides is 2. The van der Waals surface area contributed by atoms with E-state index in [-0.39, 0.29) is 24.2 Å². The molecule has 2 aromatic rings. The Hall–Kier alpha value is -2.38. The van der Waals surface area contributed by atoms with Gasteiger partial charge in [-0.25, -0.2) is 0 Å². The SMILES string of the molecule is CCC(=O)Nc1ccc(NC(=O)c2ccn(C3CCCNC3)n2)cc1.Cl. The van der Waals surface area contributed by atoms with E-state index in [0.717, 1.165) is 25.9 Å². The second kappa shape index (κ2) is 9.35. The van der Waals surface area contributed by atoms with Gasteiger partial charge in [0.25, 0.3) is 5.91 Å². The molecule has 0 bridgehead atoms. The highest BCUT2D eigenvalue weighted by Crippen LogP contribution is 2.17. The van der Waals surface area contributed by atoms with E-state index >= 15 is 0 Å². The fraction of sp³-hybridized carbons (Fsp3) is 0.389. The monoisotopic (exact) mass is 377 g/mol. The van der Waals surface area contributed by atoms with Crippen molar-refractivity contribution in [2.24, 2.45) is 0 Å². The van der Waals surface area contributed by atoms with Crippen LogP contribution in [-0.2, 0) is 4.79 Å². The largest absolute Gasteiger partial charge is 0.326 e. The topological polar surface area (TPSA) is 88.0 Å². The number of benzene rings is 1. The van der Waals surface area contributed by atoms with Gasteiger partial charge in [0.05, 0.1) is 6.04 Å². The van der Waals surface area contributed by atoms with Crippen molar-refractivity contribution >= 4 is 35.6 Å². The number of hydrogen-bond acceptors (Lipinski definition) is 4. The van der Waals surface area contributed by atoms with E-state index in [0.29, 0.717) is 29.5 Å². The third-order valence-corrected chi connectivity index (χ3v) is 4.23. The summed E-state index contributed by atoms with van der Waals surface area (Å²) in [6.45, 7) is 3.72. The van der Waals surface area contributed by atoms with E-state index in [4.69, 9.17) is 0 Å². The van der Waals surface area contributed by atoms with Crippen LogP contribution in [-0.4, -0.2) is 34.7 Å². The number of nitrogens with zero attached hydrogens (tertiary/aromatic N) is 2. The molecule has 0 spiro atoms. The van der Waals surface area contributed by atoms with Gasteiger partial charge in [-0.3, -0.25) is 14.3 Å². The van der Waals surface area contributed by atoms with Crippen molar-refractivity contribution in [3.63, 3.8) is 0 Å². The van der Waals surface area contributed by atoms with Crippen molar-refractivity contribution in [1.29, 1.82) is 0 Å². The van der Waals surface area contributed by atoms with Crippen LogP contribution in [0.15, 0.2) is 36.5 Å². The molecule has 1 aliphatic heterocycles. The first-order chi connectivity index (χ1) is 12.2. The fourth-order valence-electron chi connectivity index (χ4n) is 2.80. The molecule has 0 aliphatic carbocycles. The number of hydrogen-bond donors (Lipinski definition) is 3. The van der Waals surface area contributed by atoms with Crippen LogP contribution in [0.5, 0.6) is 0 Å². The zero-order valence-corrected chi connectivity index (χ0v) is 15.5. The van der Waals surface area contributed by atoms with E-state index in [1.165, 1.54) is 0 Å². The van der Waals surface area contributed by atoms with Gasteiger partial charge in [0, 0.05) is 30.5 Å². The second-order valence-electron chi connectivity index (χ2n) is 6.11. The molecule has 3 N–H and O–H groups in total. The number of piperidine rings is 1. The van der Waals surface area contributed by atoms with Gasteiger partial charge in [-0.2, -0.15) is 5.10 Å². The quantitative estimate of drug-likeness (QED) is 0.747. The van der Waals surface area contributed by atoms with Crippen molar-refractivity contribution in [3.05, 3.63) is 42.2 Å². The molecule has 2 amide bonds. The number of aromatic nitrogens is 2. The van der Waals surface area contributed by atoms with Crippen LogP contribution in [0.4, 0.5) is 11.4 Å². The van der Waals surface area contributed by atoms with Gasteiger partial charge in [0.15, 0.2) is 5.69 Å². The van der Waals surface area contributed by atoms with Gasteiger partial charge in [-0.15, -0.1) is 12.4 Å². The average Bonchev–Trinajstić information content (AvgIpc) is 3.14. The standard InChI is InChI=1S/C18H23N5O2.ClH/c1-2-17(24)20-13-5-7-14(8-6-13)21-18(25)16-9-11-23(22-16)15-4-3-10-19-12-15;/h5-9,11,15,19H,2-4,10,12H2,1H3,(H,20,24)(H,21,25);1H. The first-order valence-electron chi connectivity index (χ1n) is 8.63. The second-order valence-corrected chi connectivity index (χ2v) is 6.11. The maximum absolute atomic E-state index is 12.3. The summed E-state index contributed by atoms with van der Waals surface area (Å²) in [7, 11) is 0. The Morgan fingerprint density at radius 1 is 1.19 bits per heavy atom. The summed E-state index contributed by atoms with van der Waals surface area (Å²) in [5, 5.41) is 13.3. The molecular weight excluding hydrogens is 354 g/mol. The number of carbonyl (C=O) groups is 2. The number of halogens is 1. The lowest BCUT2D eigenvalue weighted by Gasteiger charge is -2.22. The first kappa shape index (κ1) is 19.9. The van der Waals surface area contributed by atoms with E-state index < -0.39 is 0 Å². The van der Waals surface area contributed by atoms with Crippen molar-refractivity contribution in [3.8, 4) is 0 Å². The Morgan fingerprint density at radius 2 is 1.88 bits per heavy atom. The maximum Gasteiger partial charge on any atom is 0.276 e. The Balaban J connectivity index is 0.00000243. The highest BCUT2D eigenvalue weighted by molar-refractivity contribution is 6.03. The zero-order chi connectivity index (χ0) is 17.6. The molecule has 2 heterocycles. The van der Waals surface area contributed by atoms with Crippen molar-refractivity contribution in [2.75, 3.05) is 23.7 Å². The minimum atomic E-state index is -0.243. The summed E-state index contributed by atoms with van der Waals surface area (Å²) in [5.74, 6) is -0.285. The molecule has 8 heteroatoms. The summed E-state index contributed by atoms with van der Waals surface area (Å²) in [6, 6.07) is 9.07. The summed E-state index contributed by atoms with van der Waals surface area (Å²) in [6.07, 6.45) is 4.47. The molecule has 1 aromatic heterocycles. The molecule has 140 valence electrons. The normalized spacial score (nSPS) is 16.4. The molecule has 26 heavy (non-hydrogen) atoms. The fourth-order valence-corrected chi connectivity index (χ4v) is 2.80. The Morgan fingerprint density at radius 3 is 2.50 bits per heavy atom. The van der Waals surface area contributed by atoms with Crippen molar-refractivity contribution in [1.82, 2.24) is 15.1 Å². The van der Waals surface area contributed by atoms with Gasteiger partial charge >= 0.3 is 0 Å². The minimum Gasteiger partial charge on any atom is -0.326 e. The first-order valence-corrected chi connectivity index (χ1v) is 8.63. The average molecular weight is 378 g/mol. The summed E-state index contributed by atoms with van der Waals surface area (Å²) >= 11 is 0. The third-order valence-electron chi connectivity index (χ3n) is 4.23. The number of carbonyl (C=O) groups excluding carboxylic acids is 2. The Kier molecular flexibility index (Phi) is 7.17. The van der Waals surface area contributed by atoms with Crippen LogP contribution >= 0.6 is 12.4 Å². The van der Waals surface area contributed by atoms with E-state index in [1.807, 2.05) is 10.9 Å². The van der Waals surface area contributed by atoms with Crippen LogP contribution in [0, 0.1) is 0 Å². The lowest BCUT2D eigenvalue weighted by Crippen LogP contribution is -2.32. The van der Waals surface area contributed by atoms with E-state index in [1.54, 1.807) is 37.3 Å². The Labute approximate surface area is 159 Å². The molecule has 1 fully saturated rings. The lowest BCUT2D eigenvalue weighted by molar-refractivity contribution is -0.115. The zero-order valence-electron chi connectivity index (χ0n) is 14.7. The molecule has 1 unspecified atom stereocenters. The minimum absolute atomic E-state index is 0. The number of rotatable bonds is 5. The van der Waals surface area contributed by atoms with Gasteiger partial charge < -0.3 is 16.0 Å². The summed E-state index contributed by atoms with van der Waals surface area (Å²) in [5.41, 5.74) is 1.77. The predicted octanol–water partition coefficient (Wildman–Crippen LogP) is 2.83. The van der Waals surface area contributed by atoms with Crippen molar-refractivity contribution in [2.45, 2.75) is 32.2 Å². The number of nitrogens with one attached hydrogen (secondary N) is 3. The maximum atomic E-state index is 12.3. The van der Waals surface area contributed by atoms with Crippen LogP contribution < -0.4 is 16.0 Å². The summed E-state index contributed by atoms with van der Waals surface area (Å²) in [4.78, 5) is 23.7. The van der Waals surface area contributed by atoms with Crippen LogP contribution in [0.1, 0.15) is 42.7 Å². The molecule has 7 nitrogen and oxygen atoms in total. The highest BCUT2D eigenvalue weighted by Gasteiger charge is 2.17. The van der Waals surface area contributed by atoms with Gasteiger partial charge in [0.1, 0.15) is 0 Å². The summed E-state index contributed by atoms with van der Waals surface area (Å²) < 4.78 is 1.87. The molecule has 3 rings (SSSR count). The van der Waals surface area contributed by atoms with Crippen molar-refractivity contribution < 1.29 is 9.59 Å².